The molecule has 3 heterocycles. The number of nitrogens with two attached hydrogens (primary N) is 1. The Morgan fingerprint density at radius 3 is 2.45 bits per heavy atom. The summed E-state index contributed by atoms with van der Waals surface area (Å²) < 4.78 is 24.8. The van der Waals surface area contributed by atoms with E-state index >= 15 is 0 Å². The second kappa shape index (κ2) is 8.31. The van der Waals surface area contributed by atoms with E-state index in [1.807, 2.05) is 42.5 Å². The molecule has 2 N–H and O–H groups in total. The summed E-state index contributed by atoms with van der Waals surface area (Å²) in [6.45, 7) is 1.86. The van der Waals surface area contributed by atoms with Gasteiger partial charge in [-0.1, -0.05) is 36.4 Å². The largest absolute Gasteiger partial charge is 0.353 e. The van der Waals surface area contributed by atoms with E-state index in [0.29, 0.717) is 32.0 Å². The molecule has 1 aliphatic heterocycles. The highest BCUT2D eigenvalue weighted by Gasteiger charge is 2.28. The Balaban J connectivity index is 1.55. The van der Waals surface area contributed by atoms with Crippen LogP contribution < -0.4 is 10.0 Å². The standard InChI is InChI=1S/C22H25N5O2S2/c23-31(28,29)27-14-12-26(13-15-27)21-20-17-8-4-5-9-18(17)30-22(20)25-19(24-21)11-10-16-6-2-1-3-7-16/h1-3,6-7,10-11H,4-5,8-9,12-15H2,(H2,23,28,29). The first-order chi connectivity index (χ1) is 15.0. The number of rotatable bonds is 4. The first-order valence-electron chi connectivity index (χ1n) is 10.6. The molecular weight excluding hydrogens is 430 g/mol. The zero-order chi connectivity index (χ0) is 21.4. The fourth-order valence-corrected chi connectivity index (χ4v) is 6.28. The van der Waals surface area contributed by atoms with Gasteiger partial charge in [-0.15, -0.1) is 11.3 Å². The maximum atomic E-state index is 11.7. The van der Waals surface area contributed by atoms with Crippen LogP contribution in [0.5, 0.6) is 0 Å². The van der Waals surface area contributed by atoms with Crippen LogP contribution in [0.3, 0.4) is 0 Å². The summed E-state index contributed by atoms with van der Waals surface area (Å²) in [6, 6.07) is 10.1. The van der Waals surface area contributed by atoms with Crippen LogP contribution in [-0.2, 0) is 23.1 Å². The molecule has 162 valence electrons. The van der Waals surface area contributed by atoms with E-state index < -0.39 is 10.2 Å². The van der Waals surface area contributed by atoms with Crippen LogP contribution >= 0.6 is 11.3 Å². The molecule has 3 aromatic rings. The molecule has 1 aliphatic carbocycles. The molecule has 31 heavy (non-hydrogen) atoms. The van der Waals surface area contributed by atoms with Crippen molar-refractivity contribution in [2.75, 3.05) is 31.1 Å². The fourth-order valence-electron chi connectivity index (χ4n) is 4.35. The number of hydrogen-bond acceptors (Lipinski definition) is 6. The Labute approximate surface area is 186 Å². The number of hydrogen-bond donors (Lipinski definition) is 1. The number of aryl methyl sites for hydroxylation is 2. The summed E-state index contributed by atoms with van der Waals surface area (Å²) in [4.78, 5) is 14.4. The van der Waals surface area contributed by atoms with E-state index in [9.17, 15) is 8.42 Å². The normalized spacial score (nSPS) is 18.0. The molecule has 9 heteroatoms. The highest BCUT2D eigenvalue weighted by atomic mass is 32.2. The molecule has 2 aromatic heterocycles. The van der Waals surface area contributed by atoms with Gasteiger partial charge in [-0.05, 0) is 42.9 Å². The quantitative estimate of drug-likeness (QED) is 0.653. The summed E-state index contributed by atoms with van der Waals surface area (Å²) in [5.41, 5.74) is 2.48. The van der Waals surface area contributed by atoms with E-state index in [-0.39, 0.29) is 0 Å². The third-order valence-corrected chi connectivity index (χ3v) is 8.21. The minimum atomic E-state index is -3.66. The monoisotopic (exact) mass is 455 g/mol. The van der Waals surface area contributed by atoms with E-state index in [1.54, 1.807) is 11.3 Å². The van der Waals surface area contributed by atoms with Gasteiger partial charge < -0.3 is 4.90 Å². The van der Waals surface area contributed by atoms with Gasteiger partial charge >= 0.3 is 0 Å². The van der Waals surface area contributed by atoms with Crippen molar-refractivity contribution in [3.8, 4) is 0 Å². The highest BCUT2D eigenvalue weighted by Crippen LogP contribution is 2.40. The first-order valence-corrected chi connectivity index (χ1v) is 12.9. The molecule has 5 rings (SSSR count). The van der Waals surface area contributed by atoms with Gasteiger partial charge in [0, 0.05) is 31.1 Å². The molecule has 0 radical (unpaired) electrons. The summed E-state index contributed by atoms with van der Waals surface area (Å²) in [6.07, 6.45) is 8.55. The third kappa shape index (κ3) is 4.23. The second-order valence-corrected chi connectivity index (χ2v) is 10.6. The molecule has 0 spiro atoms. The highest BCUT2D eigenvalue weighted by molar-refractivity contribution is 7.86. The summed E-state index contributed by atoms with van der Waals surface area (Å²) in [5.74, 6) is 1.60. The van der Waals surface area contributed by atoms with Crippen molar-refractivity contribution in [2.24, 2.45) is 5.14 Å². The maximum Gasteiger partial charge on any atom is 0.277 e. The lowest BCUT2D eigenvalue weighted by molar-refractivity contribution is 0.384. The van der Waals surface area contributed by atoms with Gasteiger partial charge in [0.2, 0.25) is 0 Å². The average Bonchev–Trinajstić information content (AvgIpc) is 3.16. The van der Waals surface area contributed by atoms with Gasteiger partial charge in [0.15, 0.2) is 5.82 Å². The van der Waals surface area contributed by atoms with E-state index in [2.05, 4.69) is 4.90 Å². The number of thiophene rings is 1. The SMILES string of the molecule is NS(=O)(=O)N1CCN(c2nc(C=Cc3ccccc3)nc3sc4c(c23)CCCC4)CC1. The molecule has 1 aromatic carbocycles. The van der Waals surface area contributed by atoms with Gasteiger partial charge in [0.1, 0.15) is 10.6 Å². The van der Waals surface area contributed by atoms with E-state index in [4.69, 9.17) is 15.1 Å². The molecule has 1 saturated heterocycles. The topological polar surface area (TPSA) is 92.4 Å². The predicted octanol–water partition coefficient (Wildman–Crippen LogP) is 3.07. The number of fused-ring (bicyclic) bond motifs is 3. The number of benzene rings is 1. The predicted molar refractivity (Wildman–Crippen MR) is 126 cm³/mol. The molecular formula is C22H25N5O2S2. The summed E-state index contributed by atoms with van der Waals surface area (Å²) in [7, 11) is -3.66. The van der Waals surface area contributed by atoms with Crippen molar-refractivity contribution in [3.05, 3.63) is 52.2 Å². The van der Waals surface area contributed by atoms with Crippen LogP contribution in [0.15, 0.2) is 30.3 Å². The molecule has 0 atom stereocenters. The molecule has 7 nitrogen and oxygen atoms in total. The molecule has 0 bridgehead atoms. The Hall–Kier alpha value is -2.33. The average molecular weight is 456 g/mol. The molecule has 2 aliphatic rings. The Kier molecular flexibility index (Phi) is 5.51. The lowest BCUT2D eigenvalue weighted by Crippen LogP contribution is -2.51. The number of aromatic nitrogens is 2. The smallest absolute Gasteiger partial charge is 0.277 e. The second-order valence-electron chi connectivity index (χ2n) is 7.97. The van der Waals surface area contributed by atoms with Crippen molar-refractivity contribution in [1.29, 1.82) is 0 Å². The molecule has 0 unspecified atom stereocenters. The van der Waals surface area contributed by atoms with Crippen LogP contribution in [-0.4, -0.2) is 48.9 Å². The van der Waals surface area contributed by atoms with Crippen LogP contribution in [0.2, 0.25) is 0 Å². The Morgan fingerprint density at radius 1 is 0.968 bits per heavy atom. The molecule has 0 amide bonds. The van der Waals surface area contributed by atoms with E-state index in [0.717, 1.165) is 34.4 Å². The van der Waals surface area contributed by atoms with E-state index in [1.165, 1.54) is 27.6 Å². The van der Waals surface area contributed by atoms with Crippen molar-refractivity contribution in [1.82, 2.24) is 14.3 Å². The summed E-state index contributed by atoms with van der Waals surface area (Å²) >= 11 is 1.78. The van der Waals surface area contributed by atoms with Crippen LogP contribution in [0.4, 0.5) is 5.82 Å². The van der Waals surface area contributed by atoms with Gasteiger partial charge in [-0.25, -0.2) is 15.1 Å². The maximum absolute atomic E-state index is 11.7. The third-order valence-electron chi connectivity index (χ3n) is 5.94. The van der Waals surface area contributed by atoms with Gasteiger partial charge in [-0.2, -0.15) is 12.7 Å². The fraction of sp³-hybridized carbons (Fsp3) is 0.364. The zero-order valence-electron chi connectivity index (χ0n) is 17.2. The van der Waals surface area contributed by atoms with Gasteiger partial charge in [0.25, 0.3) is 10.2 Å². The minimum absolute atomic E-state index is 0.367. The van der Waals surface area contributed by atoms with Gasteiger partial charge in [-0.3, -0.25) is 0 Å². The van der Waals surface area contributed by atoms with Gasteiger partial charge in [0.05, 0.1) is 5.39 Å². The van der Waals surface area contributed by atoms with Crippen LogP contribution in [0, 0.1) is 0 Å². The zero-order valence-corrected chi connectivity index (χ0v) is 18.8. The lowest BCUT2D eigenvalue weighted by atomic mass is 9.97. The molecule has 1 fully saturated rings. The van der Waals surface area contributed by atoms with Crippen molar-refractivity contribution >= 4 is 49.7 Å². The molecule has 0 saturated carbocycles. The minimum Gasteiger partial charge on any atom is -0.353 e. The number of piperazine rings is 1. The lowest BCUT2D eigenvalue weighted by Gasteiger charge is -2.34. The van der Waals surface area contributed by atoms with Crippen molar-refractivity contribution < 1.29 is 8.42 Å². The van der Waals surface area contributed by atoms with Crippen LogP contribution in [0.1, 0.15) is 34.7 Å². The summed E-state index contributed by atoms with van der Waals surface area (Å²) in [5, 5.41) is 6.48. The number of nitrogens with zero attached hydrogens (tertiary/aromatic N) is 4. The van der Waals surface area contributed by atoms with Crippen molar-refractivity contribution in [3.63, 3.8) is 0 Å². The van der Waals surface area contributed by atoms with Crippen molar-refractivity contribution in [2.45, 2.75) is 25.7 Å². The van der Waals surface area contributed by atoms with Crippen LogP contribution in [0.25, 0.3) is 22.4 Å². The Bertz CT molecular complexity index is 1230. The Morgan fingerprint density at radius 2 is 1.71 bits per heavy atom. The number of anilines is 1. The first kappa shape index (κ1) is 20.6.